The van der Waals surface area contributed by atoms with Crippen LogP contribution in [0.5, 0.6) is 0 Å². The van der Waals surface area contributed by atoms with Crippen molar-refractivity contribution < 1.29 is 0 Å². The highest BCUT2D eigenvalue weighted by molar-refractivity contribution is 5.40. The SMILES string of the molecule is CC1CCCC1Nc1cnn(C(C)(C)C)c1. The summed E-state index contributed by atoms with van der Waals surface area (Å²) in [6.07, 6.45) is 8.06. The fraction of sp³-hybridized carbons (Fsp3) is 0.769. The van der Waals surface area contributed by atoms with Gasteiger partial charge in [0, 0.05) is 12.2 Å². The van der Waals surface area contributed by atoms with Crippen molar-refractivity contribution in [1.82, 2.24) is 9.78 Å². The minimum absolute atomic E-state index is 0.0707. The molecule has 1 fully saturated rings. The van der Waals surface area contributed by atoms with Gasteiger partial charge in [0.15, 0.2) is 0 Å². The van der Waals surface area contributed by atoms with E-state index in [2.05, 4.69) is 44.3 Å². The standard InChI is InChI=1S/C13H23N3/c1-10-6-5-7-12(10)15-11-8-14-16(9-11)13(2,3)4/h8-10,12,15H,5-7H2,1-4H3. The smallest absolute Gasteiger partial charge is 0.0728 e. The lowest BCUT2D eigenvalue weighted by Crippen LogP contribution is -2.23. The van der Waals surface area contributed by atoms with Crippen molar-refractivity contribution in [2.75, 3.05) is 5.32 Å². The van der Waals surface area contributed by atoms with E-state index >= 15 is 0 Å². The largest absolute Gasteiger partial charge is 0.380 e. The number of anilines is 1. The summed E-state index contributed by atoms with van der Waals surface area (Å²) in [4.78, 5) is 0. The second-order valence-corrected chi connectivity index (χ2v) is 6.00. The van der Waals surface area contributed by atoms with Gasteiger partial charge in [-0.15, -0.1) is 0 Å². The van der Waals surface area contributed by atoms with Crippen LogP contribution >= 0.6 is 0 Å². The highest BCUT2D eigenvalue weighted by Gasteiger charge is 2.23. The predicted octanol–water partition coefficient (Wildman–Crippen LogP) is 3.24. The maximum atomic E-state index is 4.41. The molecule has 2 atom stereocenters. The Bertz CT molecular complexity index is 348. The summed E-state index contributed by atoms with van der Waals surface area (Å²) in [6.45, 7) is 8.84. The fourth-order valence-corrected chi connectivity index (χ4v) is 2.34. The second-order valence-electron chi connectivity index (χ2n) is 6.00. The zero-order valence-electron chi connectivity index (χ0n) is 10.8. The summed E-state index contributed by atoms with van der Waals surface area (Å²) in [6, 6.07) is 0.637. The van der Waals surface area contributed by atoms with Crippen molar-refractivity contribution in [3.05, 3.63) is 12.4 Å². The van der Waals surface area contributed by atoms with E-state index in [0.717, 1.165) is 11.6 Å². The molecule has 2 unspecified atom stereocenters. The molecule has 16 heavy (non-hydrogen) atoms. The first-order valence-electron chi connectivity index (χ1n) is 6.28. The molecule has 3 heteroatoms. The van der Waals surface area contributed by atoms with E-state index in [1.807, 2.05) is 10.9 Å². The Morgan fingerprint density at radius 2 is 2.12 bits per heavy atom. The second kappa shape index (κ2) is 4.11. The third-order valence-corrected chi connectivity index (χ3v) is 3.48. The molecule has 0 amide bonds. The van der Waals surface area contributed by atoms with Crippen LogP contribution in [0, 0.1) is 5.92 Å². The van der Waals surface area contributed by atoms with Crippen LogP contribution in [0.1, 0.15) is 47.0 Å². The van der Waals surface area contributed by atoms with Crippen LogP contribution in [-0.2, 0) is 5.54 Å². The van der Waals surface area contributed by atoms with E-state index in [9.17, 15) is 0 Å². The lowest BCUT2D eigenvalue weighted by Gasteiger charge is -2.19. The van der Waals surface area contributed by atoms with Gasteiger partial charge in [-0.05, 0) is 39.5 Å². The summed E-state index contributed by atoms with van der Waals surface area (Å²) < 4.78 is 2.02. The third-order valence-electron chi connectivity index (χ3n) is 3.48. The number of rotatable bonds is 2. The Labute approximate surface area is 98.2 Å². The molecule has 0 bridgehead atoms. The van der Waals surface area contributed by atoms with Crippen LogP contribution in [-0.4, -0.2) is 15.8 Å². The zero-order chi connectivity index (χ0) is 11.8. The number of aromatic nitrogens is 2. The normalized spacial score (nSPS) is 26.0. The monoisotopic (exact) mass is 221 g/mol. The molecule has 0 saturated heterocycles. The van der Waals surface area contributed by atoms with Crippen molar-refractivity contribution >= 4 is 5.69 Å². The van der Waals surface area contributed by atoms with Crippen molar-refractivity contribution in [3.8, 4) is 0 Å². The van der Waals surface area contributed by atoms with Crippen molar-refractivity contribution in [1.29, 1.82) is 0 Å². The molecule has 1 aliphatic carbocycles. The lowest BCUT2D eigenvalue weighted by atomic mass is 10.1. The molecule has 90 valence electrons. The molecule has 1 heterocycles. The fourth-order valence-electron chi connectivity index (χ4n) is 2.34. The Morgan fingerprint density at radius 1 is 1.38 bits per heavy atom. The van der Waals surface area contributed by atoms with E-state index in [0.29, 0.717) is 6.04 Å². The molecular weight excluding hydrogens is 198 g/mol. The van der Waals surface area contributed by atoms with Crippen molar-refractivity contribution in [3.63, 3.8) is 0 Å². The van der Waals surface area contributed by atoms with E-state index in [1.165, 1.54) is 19.3 Å². The predicted molar refractivity (Wildman–Crippen MR) is 67.6 cm³/mol. The Morgan fingerprint density at radius 3 is 2.62 bits per heavy atom. The van der Waals surface area contributed by atoms with Gasteiger partial charge in [-0.3, -0.25) is 4.68 Å². The Balaban J connectivity index is 2.03. The maximum Gasteiger partial charge on any atom is 0.0728 e. The van der Waals surface area contributed by atoms with Crippen LogP contribution in [0.2, 0.25) is 0 Å². The van der Waals surface area contributed by atoms with Gasteiger partial charge in [0.25, 0.3) is 0 Å². The van der Waals surface area contributed by atoms with Crippen molar-refractivity contribution in [2.24, 2.45) is 5.92 Å². The lowest BCUT2D eigenvalue weighted by molar-refractivity contribution is 0.355. The van der Waals surface area contributed by atoms with Gasteiger partial charge in [0.05, 0.1) is 17.4 Å². The summed E-state index contributed by atoms with van der Waals surface area (Å²) in [7, 11) is 0. The van der Waals surface area contributed by atoms with Crippen LogP contribution in [0.15, 0.2) is 12.4 Å². The first-order chi connectivity index (χ1) is 7.47. The average molecular weight is 221 g/mol. The third kappa shape index (κ3) is 2.39. The summed E-state index contributed by atoms with van der Waals surface area (Å²) in [5.74, 6) is 0.790. The molecule has 0 spiro atoms. The highest BCUT2D eigenvalue weighted by Crippen LogP contribution is 2.28. The molecule has 1 aromatic rings. The molecule has 0 aromatic carbocycles. The number of nitrogens with one attached hydrogen (secondary N) is 1. The molecule has 1 aromatic heterocycles. The topological polar surface area (TPSA) is 29.9 Å². The van der Waals surface area contributed by atoms with Crippen LogP contribution in [0.25, 0.3) is 0 Å². The number of hydrogen-bond acceptors (Lipinski definition) is 2. The van der Waals surface area contributed by atoms with E-state index in [4.69, 9.17) is 0 Å². The average Bonchev–Trinajstić information content (AvgIpc) is 2.76. The highest BCUT2D eigenvalue weighted by atomic mass is 15.3. The molecule has 1 saturated carbocycles. The van der Waals surface area contributed by atoms with E-state index in [-0.39, 0.29) is 5.54 Å². The molecule has 2 rings (SSSR count). The Hall–Kier alpha value is -0.990. The minimum atomic E-state index is 0.0707. The first kappa shape index (κ1) is 11.5. The maximum absolute atomic E-state index is 4.41. The van der Waals surface area contributed by atoms with Gasteiger partial charge >= 0.3 is 0 Å². The molecule has 0 radical (unpaired) electrons. The van der Waals surface area contributed by atoms with Gasteiger partial charge in [-0.25, -0.2) is 0 Å². The van der Waals surface area contributed by atoms with Gasteiger partial charge in [-0.2, -0.15) is 5.10 Å². The summed E-state index contributed by atoms with van der Waals surface area (Å²) in [5, 5.41) is 8.01. The minimum Gasteiger partial charge on any atom is -0.380 e. The number of hydrogen-bond donors (Lipinski definition) is 1. The molecule has 1 N–H and O–H groups in total. The quantitative estimate of drug-likeness (QED) is 0.831. The Kier molecular flexibility index (Phi) is 2.96. The summed E-state index contributed by atoms with van der Waals surface area (Å²) in [5.41, 5.74) is 1.23. The zero-order valence-corrected chi connectivity index (χ0v) is 10.8. The number of nitrogens with zero attached hydrogens (tertiary/aromatic N) is 2. The molecule has 0 aliphatic heterocycles. The van der Waals surface area contributed by atoms with Crippen LogP contribution in [0.3, 0.4) is 0 Å². The van der Waals surface area contributed by atoms with E-state index in [1.54, 1.807) is 0 Å². The van der Waals surface area contributed by atoms with E-state index < -0.39 is 0 Å². The molecule has 3 nitrogen and oxygen atoms in total. The van der Waals surface area contributed by atoms with Gasteiger partial charge in [0.2, 0.25) is 0 Å². The van der Waals surface area contributed by atoms with Gasteiger partial charge in [0.1, 0.15) is 0 Å². The van der Waals surface area contributed by atoms with Crippen LogP contribution in [0.4, 0.5) is 5.69 Å². The first-order valence-corrected chi connectivity index (χ1v) is 6.28. The van der Waals surface area contributed by atoms with Gasteiger partial charge in [-0.1, -0.05) is 13.3 Å². The van der Waals surface area contributed by atoms with Crippen LogP contribution < -0.4 is 5.32 Å². The van der Waals surface area contributed by atoms with Crippen molar-refractivity contribution in [2.45, 2.75) is 58.5 Å². The molecular formula is C13H23N3. The molecule has 1 aliphatic rings. The van der Waals surface area contributed by atoms with Gasteiger partial charge < -0.3 is 5.32 Å². The summed E-state index contributed by atoms with van der Waals surface area (Å²) >= 11 is 0.